The van der Waals surface area contributed by atoms with Gasteiger partial charge < -0.3 is 15.0 Å². The van der Waals surface area contributed by atoms with Gasteiger partial charge in [-0.05, 0) is 49.8 Å². The summed E-state index contributed by atoms with van der Waals surface area (Å²) in [7, 11) is 3.86. The Balaban J connectivity index is 1.73. The number of carbonyl (C=O) groups excluding carboxylic acids is 1. The van der Waals surface area contributed by atoms with Gasteiger partial charge in [0.2, 0.25) is 0 Å². The van der Waals surface area contributed by atoms with E-state index in [1.54, 1.807) is 7.11 Å². The molecule has 2 amide bonds. The number of likely N-dealkylation sites (tertiary alicyclic amines) is 1. The highest BCUT2D eigenvalue weighted by atomic mass is 16.5. The molecule has 0 atom stereocenters. The second-order valence-electron chi connectivity index (χ2n) is 7.41. The summed E-state index contributed by atoms with van der Waals surface area (Å²) in [6.45, 7) is 7.27. The van der Waals surface area contributed by atoms with E-state index in [4.69, 9.17) is 4.74 Å². The van der Waals surface area contributed by atoms with Gasteiger partial charge in [0.15, 0.2) is 0 Å². The molecule has 0 spiro atoms. The normalized spacial score (nSPS) is 15.5. The fraction of sp³-hybridized carbons (Fsp3) is 0.667. The van der Waals surface area contributed by atoms with Crippen molar-refractivity contribution in [3.63, 3.8) is 0 Å². The number of hydrogen-bond donors (Lipinski definition) is 1. The molecular formula is C21H35N3O2. The number of methoxy groups -OCH3 is 1. The van der Waals surface area contributed by atoms with Crippen LogP contribution in [0, 0.1) is 5.92 Å². The minimum Gasteiger partial charge on any atom is -0.383 e. The van der Waals surface area contributed by atoms with E-state index < -0.39 is 0 Å². The number of urea groups is 1. The van der Waals surface area contributed by atoms with Crippen molar-refractivity contribution in [2.24, 2.45) is 5.92 Å². The molecule has 0 unspecified atom stereocenters. The number of nitrogens with zero attached hydrogens (tertiary/aromatic N) is 2. The Morgan fingerprint density at radius 2 is 1.88 bits per heavy atom. The lowest BCUT2D eigenvalue weighted by molar-refractivity contribution is 0.158. The quantitative estimate of drug-likeness (QED) is 0.735. The van der Waals surface area contributed by atoms with Crippen LogP contribution >= 0.6 is 0 Å². The number of benzene rings is 1. The minimum atomic E-state index is 0.104. The summed E-state index contributed by atoms with van der Waals surface area (Å²) < 4.78 is 5.13. The average molecular weight is 362 g/mol. The Bertz CT molecular complexity index is 525. The second-order valence-corrected chi connectivity index (χ2v) is 7.41. The van der Waals surface area contributed by atoms with Crippen molar-refractivity contribution < 1.29 is 9.53 Å². The van der Waals surface area contributed by atoms with Gasteiger partial charge in [0.05, 0.1) is 6.61 Å². The van der Waals surface area contributed by atoms with E-state index in [1.165, 1.54) is 11.1 Å². The van der Waals surface area contributed by atoms with Gasteiger partial charge in [0.25, 0.3) is 0 Å². The zero-order valence-corrected chi connectivity index (χ0v) is 16.7. The second kappa shape index (κ2) is 11.2. The molecule has 1 N–H and O–H groups in total. The maximum Gasteiger partial charge on any atom is 0.317 e. The number of nitrogens with one attached hydrogen (secondary N) is 1. The molecule has 1 aromatic rings. The van der Waals surface area contributed by atoms with Gasteiger partial charge in [0, 0.05) is 39.8 Å². The predicted octanol–water partition coefficient (Wildman–Crippen LogP) is 3.14. The van der Waals surface area contributed by atoms with Crippen LogP contribution in [0.3, 0.4) is 0 Å². The van der Waals surface area contributed by atoms with Crippen molar-refractivity contribution in [3.05, 3.63) is 35.4 Å². The molecule has 2 rings (SSSR count). The highest BCUT2D eigenvalue weighted by Crippen LogP contribution is 2.22. The molecule has 0 aromatic heterocycles. The van der Waals surface area contributed by atoms with E-state index in [2.05, 4.69) is 48.5 Å². The Labute approximate surface area is 158 Å². The highest BCUT2D eigenvalue weighted by Gasteiger charge is 2.22. The van der Waals surface area contributed by atoms with Crippen LogP contribution in [0.15, 0.2) is 24.3 Å². The molecule has 1 saturated heterocycles. The topological polar surface area (TPSA) is 44.8 Å². The van der Waals surface area contributed by atoms with Crippen molar-refractivity contribution in [2.45, 2.75) is 39.2 Å². The molecule has 0 aliphatic carbocycles. The first-order valence-corrected chi connectivity index (χ1v) is 9.90. The van der Waals surface area contributed by atoms with Crippen molar-refractivity contribution in [2.75, 3.05) is 46.9 Å². The average Bonchev–Trinajstić information content (AvgIpc) is 2.66. The molecule has 0 saturated carbocycles. The molecule has 0 radical (unpaired) electrons. The summed E-state index contributed by atoms with van der Waals surface area (Å²) in [4.78, 5) is 16.3. The van der Waals surface area contributed by atoms with Gasteiger partial charge in [-0.25, -0.2) is 4.79 Å². The fourth-order valence-corrected chi connectivity index (χ4v) is 3.44. The summed E-state index contributed by atoms with van der Waals surface area (Å²) in [6, 6.07) is 9.12. The summed E-state index contributed by atoms with van der Waals surface area (Å²) >= 11 is 0. The molecule has 1 aliphatic heterocycles. The van der Waals surface area contributed by atoms with Gasteiger partial charge >= 0.3 is 6.03 Å². The van der Waals surface area contributed by atoms with Crippen LogP contribution < -0.4 is 5.32 Å². The number of hydrogen-bond acceptors (Lipinski definition) is 3. The number of piperidine rings is 1. The van der Waals surface area contributed by atoms with Crippen LogP contribution in [-0.2, 0) is 17.7 Å². The Kier molecular flexibility index (Phi) is 8.92. The fourth-order valence-electron chi connectivity index (χ4n) is 3.44. The molecule has 1 aliphatic rings. The molecular weight excluding hydrogens is 326 g/mol. The number of carbonyl (C=O) groups is 1. The third-order valence-electron chi connectivity index (χ3n) is 5.10. The molecule has 146 valence electrons. The van der Waals surface area contributed by atoms with Gasteiger partial charge in [0.1, 0.15) is 0 Å². The standard InChI is InChI=1S/C21H35N3O2/c1-4-11-22-21(25)24-12-9-19(10-13-24)16-18-5-7-20(8-6-18)17-23(2)14-15-26-3/h5-8,19H,4,9-17H2,1-3H3,(H,22,25). The van der Waals surface area contributed by atoms with Crippen LogP contribution in [0.25, 0.3) is 0 Å². The molecule has 0 bridgehead atoms. The molecule has 1 fully saturated rings. The number of amides is 2. The van der Waals surface area contributed by atoms with E-state index in [0.717, 1.165) is 65.0 Å². The van der Waals surface area contributed by atoms with Gasteiger partial charge in [-0.2, -0.15) is 0 Å². The van der Waals surface area contributed by atoms with Gasteiger partial charge in [-0.3, -0.25) is 4.90 Å². The van der Waals surface area contributed by atoms with Crippen molar-refractivity contribution in [3.8, 4) is 0 Å². The number of ether oxygens (including phenoxy) is 1. The first kappa shape index (κ1) is 20.7. The molecule has 5 nitrogen and oxygen atoms in total. The van der Waals surface area contributed by atoms with Crippen molar-refractivity contribution in [1.29, 1.82) is 0 Å². The minimum absolute atomic E-state index is 0.104. The molecule has 26 heavy (non-hydrogen) atoms. The predicted molar refractivity (Wildman–Crippen MR) is 106 cm³/mol. The van der Waals surface area contributed by atoms with E-state index in [1.807, 2.05) is 4.90 Å². The maximum absolute atomic E-state index is 12.0. The zero-order valence-electron chi connectivity index (χ0n) is 16.7. The zero-order chi connectivity index (χ0) is 18.8. The maximum atomic E-state index is 12.0. The number of likely N-dealkylation sites (N-methyl/N-ethyl adjacent to an activating group) is 1. The SMILES string of the molecule is CCCNC(=O)N1CCC(Cc2ccc(CN(C)CCOC)cc2)CC1. The Morgan fingerprint density at radius 3 is 2.50 bits per heavy atom. The third-order valence-corrected chi connectivity index (χ3v) is 5.10. The lowest BCUT2D eigenvalue weighted by Gasteiger charge is -2.32. The van der Waals surface area contributed by atoms with Gasteiger partial charge in [-0.15, -0.1) is 0 Å². The largest absolute Gasteiger partial charge is 0.383 e. The van der Waals surface area contributed by atoms with Crippen LogP contribution in [0.4, 0.5) is 4.79 Å². The summed E-state index contributed by atoms with van der Waals surface area (Å²) in [5.41, 5.74) is 2.75. The highest BCUT2D eigenvalue weighted by molar-refractivity contribution is 5.74. The Morgan fingerprint density at radius 1 is 1.23 bits per heavy atom. The van der Waals surface area contributed by atoms with E-state index in [9.17, 15) is 4.79 Å². The lowest BCUT2D eigenvalue weighted by atomic mass is 9.90. The van der Waals surface area contributed by atoms with E-state index in [0.29, 0.717) is 5.92 Å². The molecule has 1 aromatic carbocycles. The molecule has 5 heteroatoms. The van der Waals surface area contributed by atoms with Crippen LogP contribution in [0.2, 0.25) is 0 Å². The smallest absolute Gasteiger partial charge is 0.317 e. The summed E-state index contributed by atoms with van der Waals surface area (Å²) in [5, 5.41) is 2.98. The van der Waals surface area contributed by atoms with E-state index in [-0.39, 0.29) is 6.03 Å². The van der Waals surface area contributed by atoms with Gasteiger partial charge in [-0.1, -0.05) is 31.2 Å². The van der Waals surface area contributed by atoms with Crippen molar-refractivity contribution in [1.82, 2.24) is 15.1 Å². The third kappa shape index (κ3) is 6.96. The number of rotatable bonds is 9. The van der Waals surface area contributed by atoms with Crippen LogP contribution in [0.5, 0.6) is 0 Å². The van der Waals surface area contributed by atoms with Crippen molar-refractivity contribution >= 4 is 6.03 Å². The van der Waals surface area contributed by atoms with Crippen LogP contribution in [0.1, 0.15) is 37.3 Å². The first-order valence-electron chi connectivity index (χ1n) is 9.90. The van der Waals surface area contributed by atoms with Crippen LogP contribution in [-0.4, -0.2) is 62.8 Å². The monoisotopic (exact) mass is 361 g/mol. The van der Waals surface area contributed by atoms with E-state index >= 15 is 0 Å². The lowest BCUT2D eigenvalue weighted by Crippen LogP contribution is -2.44. The summed E-state index contributed by atoms with van der Waals surface area (Å²) in [5.74, 6) is 0.681. The Hall–Kier alpha value is -1.59. The molecule has 1 heterocycles. The first-order chi connectivity index (χ1) is 12.6. The summed E-state index contributed by atoms with van der Waals surface area (Å²) in [6.07, 6.45) is 4.30.